The average molecular weight is 891 g/mol. The summed E-state index contributed by atoms with van der Waals surface area (Å²) in [4.78, 5) is 73.4. The van der Waals surface area contributed by atoms with Gasteiger partial charge in [0, 0.05) is 79.4 Å². The van der Waals surface area contributed by atoms with Gasteiger partial charge in [0.1, 0.15) is 18.1 Å². The molecule has 0 spiro atoms. The van der Waals surface area contributed by atoms with Crippen LogP contribution in [0.25, 0.3) is 32.7 Å². The van der Waals surface area contributed by atoms with E-state index in [4.69, 9.17) is 37.4 Å². The Labute approximate surface area is 377 Å². The number of benzene rings is 6. The molecule has 0 saturated heterocycles. The Kier molecular flexibility index (Phi) is 10.4. The van der Waals surface area contributed by atoms with Crippen LogP contribution in [0.4, 0.5) is 16.2 Å². The van der Waals surface area contributed by atoms with Crippen LogP contribution in [0, 0.1) is 0 Å². The maximum atomic E-state index is 15.1. The minimum atomic E-state index is -0.995. The van der Waals surface area contributed by atoms with Crippen molar-refractivity contribution in [2.75, 3.05) is 41.3 Å². The summed E-state index contributed by atoms with van der Waals surface area (Å²) in [5, 5.41) is 2.83. The fraction of sp³-hybridized carbons (Fsp3) is 0.196. The zero-order valence-electron chi connectivity index (χ0n) is 34.5. The third-order valence-corrected chi connectivity index (χ3v) is 13.0. The van der Waals surface area contributed by atoms with Crippen LogP contribution in [-0.2, 0) is 23.9 Å². The molecule has 11 nitrogen and oxygen atoms in total. The summed E-state index contributed by atoms with van der Waals surface area (Å²) in [5.74, 6) is -2.67. The molecule has 3 amide bonds. The van der Waals surface area contributed by atoms with Crippen LogP contribution >= 0.6 is 23.2 Å². The molecule has 64 heavy (non-hydrogen) atoms. The van der Waals surface area contributed by atoms with Crippen LogP contribution in [-0.4, -0.2) is 66.2 Å². The Bertz CT molecular complexity index is 2950. The predicted molar refractivity (Wildman–Crippen MR) is 243 cm³/mol. The summed E-state index contributed by atoms with van der Waals surface area (Å²) in [7, 11) is 0. The van der Waals surface area contributed by atoms with Crippen molar-refractivity contribution in [1.29, 1.82) is 0 Å². The largest absolute Gasteiger partial charge is 0.448 e. The Morgan fingerprint density at radius 3 is 1.42 bits per heavy atom. The lowest BCUT2D eigenvalue weighted by Gasteiger charge is -2.27. The second kappa shape index (κ2) is 16.2. The summed E-state index contributed by atoms with van der Waals surface area (Å²) in [6.45, 7) is 2.71. The van der Waals surface area contributed by atoms with Crippen LogP contribution in [0.2, 0.25) is 0 Å². The van der Waals surface area contributed by atoms with Gasteiger partial charge < -0.3 is 24.0 Å². The molecule has 0 fully saturated rings. The van der Waals surface area contributed by atoms with Crippen molar-refractivity contribution in [1.82, 2.24) is 4.90 Å². The highest BCUT2D eigenvalue weighted by Crippen LogP contribution is 2.49. The number of halogens is 2. The highest BCUT2D eigenvalue weighted by molar-refractivity contribution is 6.21. The summed E-state index contributed by atoms with van der Waals surface area (Å²) >= 11 is 13.2. The summed E-state index contributed by atoms with van der Waals surface area (Å²) in [6.07, 6.45) is -0.995. The molecule has 10 rings (SSSR count). The number of ether oxygens (including phenoxy) is 3. The molecule has 6 aromatic carbocycles. The van der Waals surface area contributed by atoms with E-state index in [0.29, 0.717) is 22.1 Å². The second-order valence-electron chi connectivity index (χ2n) is 16.0. The van der Waals surface area contributed by atoms with Gasteiger partial charge in [0.05, 0.1) is 11.4 Å². The number of carbonyl (C=O) groups excluding carboxylic acids is 5. The molecule has 0 unspecified atom stereocenters. The summed E-state index contributed by atoms with van der Waals surface area (Å²) in [5.41, 5.74) is 11.5. The standard InChI is InChI=1S/C51H37Cl2N3O8/c1-28(57)63-45-21-43-47(38-17-9-7-15-36(38)45)30(23-52)25-54(43)49(59)41-19-20-42(56(41)51(61)62-27-40-34-13-5-3-11-32(34)33-12-4-6-14-35(33)40)50(60)55-26-31(24-53)48-39-18-10-8-16-37(39)46(22-44(48)55)64-29(2)58/h3-18,21-22,30-31,40H,23-27H2,1-2H3/t30-,31-/m1/s1. The van der Waals surface area contributed by atoms with Crippen LogP contribution in [0.3, 0.4) is 0 Å². The molecule has 6 aromatic rings. The Hall–Kier alpha value is -7.13. The fourth-order valence-corrected chi connectivity index (χ4v) is 10.2. The average Bonchev–Trinajstić information content (AvgIpc) is 4.09. The lowest BCUT2D eigenvalue weighted by molar-refractivity contribution is -0.132. The molecule has 0 N–H and O–H groups in total. The van der Waals surface area contributed by atoms with Crippen molar-refractivity contribution in [2.24, 2.45) is 0 Å². The maximum absolute atomic E-state index is 15.1. The molecule has 0 aromatic heterocycles. The van der Waals surface area contributed by atoms with E-state index < -0.39 is 29.8 Å². The van der Waals surface area contributed by atoms with Gasteiger partial charge in [-0.2, -0.15) is 0 Å². The topological polar surface area (TPSA) is 123 Å². The molecule has 0 saturated carbocycles. The van der Waals surface area contributed by atoms with Crippen molar-refractivity contribution < 1.29 is 38.2 Å². The number of esters is 2. The fourth-order valence-electron chi connectivity index (χ4n) is 9.68. The third-order valence-electron chi connectivity index (χ3n) is 12.3. The SMILES string of the molecule is CC(=O)Oc1cc2c(c3ccccc13)[C@H](CCl)CN2C(=O)C1=C=C=C(C(=O)N2C[C@@H](CCl)c3c2cc(OC(C)=O)c2ccccc32)N1C(=O)OCC1c2ccccc2-c2ccccc21. The number of fused-ring (bicyclic) bond motifs is 9. The second-order valence-corrected chi connectivity index (χ2v) is 16.6. The number of carbonyl (C=O) groups is 5. The lowest BCUT2D eigenvalue weighted by atomic mass is 9.95. The minimum absolute atomic E-state index is 0.108. The first-order valence-corrected chi connectivity index (χ1v) is 21.8. The monoisotopic (exact) mass is 889 g/mol. The van der Waals surface area contributed by atoms with Crippen LogP contribution in [0.1, 0.15) is 53.9 Å². The number of alkyl halides is 2. The first-order chi connectivity index (χ1) is 31.1. The molecule has 3 aliphatic heterocycles. The molecule has 4 aliphatic rings. The van der Waals surface area contributed by atoms with Crippen molar-refractivity contribution in [3.8, 4) is 22.6 Å². The normalized spacial score (nSPS) is 16.9. The van der Waals surface area contributed by atoms with Gasteiger partial charge in [-0.15, -0.1) is 23.2 Å². The van der Waals surface area contributed by atoms with E-state index in [1.807, 2.05) is 97.1 Å². The number of anilines is 2. The number of amides is 3. The van der Waals surface area contributed by atoms with Crippen LogP contribution in [0.15, 0.2) is 132 Å². The van der Waals surface area contributed by atoms with E-state index in [-0.39, 0.29) is 72.1 Å². The third kappa shape index (κ3) is 6.64. The van der Waals surface area contributed by atoms with Gasteiger partial charge in [0.15, 0.2) is 11.4 Å². The first kappa shape index (κ1) is 40.9. The molecule has 318 valence electrons. The van der Waals surface area contributed by atoms with Gasteiger partial charge in [-0.05, 0) is 55.6 Å². The van der Waals surface area contributed by atoms with Crippen molar-refractivity contribution in [3.63, 3.8) is 0 Å². The van der Waals surface area contributed by atoms with Crippen molar-refractivity contribution >= 4 is 86.0 Å². The Balaban J connectivity index is 1.06. The predicted octanol–water partition coefficient (Wildman–Crippen LogP) is 9.67. The Morgan fingerprint density at radius 2 is 1.00 bits per heavy atom. The van der Waals surface area contributed by atoms with Gasteiger partial charge in [-0.25, -0.2) is 9.69 Å². The van der Waals surface area contributed by atoms with E-state index in [2.05, 4.69) is 11.5 Å². The quantitative estimate of drug-likeness (QED) is 0.0641. The zero-order valence-corrected chi connectivity index (χ0v) is 36.0. The number of rotatable bonds is 8. The Morgan fingerprint density at radius 1 is 0.594 bits per heavy atom. The van der Waals surface area contributed by atoms with E-state index in [0.717, 1.165) is 49.1 Å². The van der Waals surface area contributed by atoms with E-state index >= 15 is 9.59 Å². The van der Waals surface area contributed by atoms with E-state index in [1.54, 1.807) is 12.1 Å². The van der Waals surface area contributed by atoms with Gasteiger partial charge in [0.25, 0.3) is 11.8 Å². The highest BCUT2D eigenvalue weighted by Gasteiger charge is 2.45. The molecule has 1 aliphatic carbocycles. The molecule has 13 heteroatoms. The first-order valence-electron chi connectivity index (χ1n) is 20.7. The number of nitrogens with zero attached hydrogens (tertiary/aromatic N) is 3. The van der Waals surface area contributed by atoms with Crippen molar-refractivity contribution in [3.05, 3.63) is 154 Å². The van der Waals surface area contributed by atoms with Crippen molar-refractivity contribution in [2.45, 2.75) is 31.6 Å². The number of hydrogen-bond acceptors (Lipinski definition) is 8. The molecular weight excluding hydrogens is 853 g/mol. The maximum Gasteiger partial charge on any atom is 0.420 e. The van der Waals surface area contributed by atoms with E-state index in [1.165, 1.54) is 23.6 Å². The minimum Gasteiger partial charge on any atom is -0.448 e. The summed E-state index contributed by atoms with van der Waals surface area (Å²) < 4.78 is 17.4. The molecule has 0 bridgehead atoms. The summed E-state index contributed by atoms with van der Waals surface area (Å²) in [6, 6.07) is 33.8. The lowest BCUT2D eigenvalue weighted by Crippen LogP contribution is -2.44. The van der Waals surface area contributed by atoms with E-state index in [9.17, 15) is 14.4 Å². The van der Waals surface area contributed by atoms with Crippen LogP contribution < -0.4 is 19.3 Å². The number of hydrogen-bond donors (Lipinski definition) is 0. The highest BCUT2D eigenvalue weighted by atomic mass is 35.5. The molecule has 2 atom stereocenters. The molecule has 0 radical (unpaired) electrons. The van der Waals surface area contributed by atoms with Gasteiger partial charge in [-0.1, -0.05) is 97.1 Å². The zero-order chi connectivity index (χ0) is 44.4. The smallest absolute Gasteiger partial charge is 0.420 e. The molecule has 3 heterocycles. The van der Waals surface area contributed by atoms with Gasteiger partial charge >= 0.3 is 18.0 Å². The molecular formula is C51H37Cl2N3O8. The van der Waals surface area contributed by atoms with Gasteiger partial charge in [0.2, 0.25) is 0 Å². The van der Waals surface area contributed by atoms with Gasteiger partial charge in [-0.3, -0.25) is 19.2 Å². The van der Waals surface area contributed by atoms with Crippen LogP contribution in [0.5, 0.6) is 11.5 Å².